The number of rotatable bonds is 0. The fourth-order valence-corrected chi connectivity index (χ4v) is 1.78. The van der Waals surface area contributed by atoms with Gasteiger partial charge in [-0.05, 0) is 17.5 Å². The number of aromatic hydroxyl groups is 1. The van der Waals surface area contributed by atoms with Crippen LogP contribution in [0.1, 0.15) is 5.56 Å². The lowest BCUT2D eigenvalue weighted by Crippen LogP contribution is -1.99. The minimum atomic E-state index is -1.51. The molecule has 0 atom stereocenters. The highest BCUT2D eigenvalue weighted by Gasteiger charge is 2.23. The molecule has 0 aromatic heterocycles. The van der Waals surface area contributed by atoms with Crippen molar-refractivity contribution in [1.29, 1.82) is 0 Å². The summed E-state index contributed by atoms with van der Waals surface area (Å²) in [6, 6.07) is 10.6. The van der Waals surface area contributed by atoms with Gasteiger partial charge in [-0.2, -0.15) is 0 Å². The van der Waals surface area contributed by atoms with Crippen LogP contribution in [0, 0.1) is 0 Å². The van der Waals surface area contributed by atoms with E-state index in [-0.39, 0.29) is 5.75 Å². The Morgan fingerprint density at radius 2 is 1.67 bits per heavy atom. The second-order valence-corrected chi connectivity index (χ2v) is 5.50. The summed E-state index contributed by atoms with van der Waals surface area (Å²) in [6.07, 6.45) is 0. The third kappa shape index (κ3) is 2.15. The number of benzene rings is 2. The zero-order valence-electron chi connectivity index (χ0n) is 7.55. The van der Waals surface area contributed by atoms with Crippen molar-refractivity contribution < 1.29 is 5.11 Å². The Balaban J connectivity index is 2.73. The molecule has 0 unspecified atom stereocenters. The number of fused-ring (bicyclic) bond motifs is 1. The molecule has 0 aliphatic rings. The molecule has 0 aliphatic heterocycles. The first-order valence-electron chi connectivity index (χ1n) is 4.27. The molecular formula is C11H7Cl3O. The van der Waals surface area contributed by atoms with E-state index < -0.39 is 3.79 Å². The minimum absolute atomic E-state index is 0.120. The Bertz CT molecular complexity index is 503. The van der Waals surface area contributed by atoms with Gasteiger partial charge in [-0.15, -0.1) is 0 Å². The molecule has 2 aromatic rings. The summed E-state index contributed by atoms with van der Waals surface area (Å²) in [5, 5.41) is 11.3. The standard InChI is InChI=1S/C11H7Cl3O/c12-11(13,14)8-5-7-3-1-2-4-9(7)10(15)6-8/h1-6,15H. The number of phenols is 1. The molecule has 2 rings (SSSR count). The summed E-state index contributed by atoms with van der Waals surface area (Å²) in [4.78, 5) is 0. The van der Waals surface area contributed by atoms with Gasteiger partial charge >= 0.3 is 0 Å². The molecular weight excluding hydrogens is 254 g/mol. The smallest absolute Gasteiger partial charge is 0.216 e. The summed E-state index contributed by atoms with van der Waals surface area (Å²) in [5.74, 6) is 0.120. The average molecular weight is 262 g/mol. The Hall–Kier alpha value is -0.630. The molecule has 0 amide bonds. The fourth-order valence-electron chi connectivity index (χ4n) is 1.45. The molecule has 2 aromatic carbocycles. The maximum Gasteiger partial charge on any atom is 0.216 e. The Labute approximate surface area is 102 Å². The van der Waals surface area contributed by atoms with Gasteiger partial charge in [-0.25, -0.2) is 0 Å². The van der Waals surface area contributed by atoms with Crippen LogP contribution in [0.15, 0.2) is 36.4 Å². The molecule has 1 nitrogen and oxygen atoms in total. The third-order valence-electron chi connectivity index (χ3n) is 2.17. The first-order chi connectivity index (χ1) is 6.98. The molecule has 0 saturated heterocycles. The Kier molecular flexibility index (Phi) is 2.72. The van der Waals surface area contributed by atoms with E-state index in [0.29, 0.717) is 5.56 Å². The molecule has 1 N–H and O–H groups in total. The predicted octanol–water partition coefficient (Wildman–Crippen LogP) is 4.37. The van der Waals surface area contributed by atoms with Crippen molar-refractivity contribution in [2.24, 2.45) is 0 Å². The van der Waals surface area contributed by atoms with Gasteiger partial charge in [-0.1, -0.05) is 59.1 Å². The number of alkyl halides is 3. The summed E-state index contributed by atoms with van der Waals surface area (Å²) >= 11 is 17.3. The van der Waals surface area contributed by atoms with E-state index in [4.69, 9.17) is 34.8 Å². The van der Waals surface area contributed by atoms with E-state index in [1.807, 2.05) is 24.3 Å². The van der Waals surface area contributed by atoms with Crippen LogP contribution in [0.4, 0.5) is 0 Å². The zero-order chi connectivity index (χ0) is 11.1. The largest absolute Gasteiger partial charge is 0.507 e. The highest BCUT2D eigenvalue weighted by molar-refractivity contribution is 6.66. The van der Waals surface area contributed by atoms with Gasteiger partial charge in [0.25, 0.3) is 0 Å². The molecule has 4 heteroatoms. The zero-order valence-corrected chi connectivity index (χ0v) is 9.81. The quantitative estimate of drug-likeness (QED) is 0.698. The van der Waals surface area contributed by atoms with Crippen LogP contribution >= 0.6 is 34.8 Å². The first kappa shape index (κ1) is 10.9. The number of hydrogen-bond donors (Lipinski definition) is 1. The summed E-state index contributed by atoms with van der Waals surface area (Å²) < 4.78 is -1.51. The van der Waals surface area contributed by atoms with E-state index in [1.54, 1.807) is 6.07 Å². The third-order valence-corrected chi connectivity index (χ3v) is 2.82. The van der Waals surface area contributed by atoms with Crippen LogP contribution in [0.2, 0.25) is 0 Å². The van der Waals surface area contributed by atoms with Gasteiger partial charge in [-0.3, -0.25) is 0 Å². The monoisotopic (exact) mass is 260 g/mol. The minimum Gasteiger partial charge on any atom is -0.507 e. The van der Waals surface area contributed by atoms with Gasteiger partial charge in [0, 0.05) is 10.9 Å². The molecule has 0 heterocycles. The topological polar surface area (TPSA) is 20.2 Å². The van der Waals surface area contributed by atoms with Crippen LogP contribution in [0.5, 0.6) is 5.75 Å². The molecule has 0 radical (unpaired) electrons. The van der Waals surface area contributed by atoms with Crippen LogP contribution in [0.3, 0.4) is 0 Å². The summed E-state index contributed by atoms with van der Waals surface area (Å²) in [5.41, 5.74) is 0.462. The second-order valence-electron chi connectivity index (χ2n) is 3.21. The lowest BCUT2D eigenvalue weighted by Gasteiger charge is -2.13. The van der Waals surface area contributed by atoms with E-state index in [9.17, 15) is 5.11 Å². The second kappa shape index (κ2) is 3.75. The van der Waals surface area contributed by atoms with Gasteiger partial charge in [0.15, 0.2) is 0 Å². The normalized spacial score (nSPS) is 11.9. The predicted molar refractivity (Wildman–Crippen MR) is 64.8 cm³/mol. The van der Waals surface area contributed by atoms with Crippen molar-refractivity contribution in [1.82, 2.24) is 0 Å². The van der Waals surface area contributed by atoms with E-state index in [0.717, 1.165) is 10.8 Å². The van der Waals surface area contributed by atoms with E-state index >= 15 is 0 Å². The molecule has 0 aliphatic carbocycles. The Morgan fingerprint density at radius 1 is 1.00 bits per heavy atom. The summed E-state index contributed by atoms with van der Waals surface area (Å²) in [7, 11) is 0. The molecule has 0 saturated carbocycles. The number of phenolic OH excluding ortho intramolecular Hbond substituents is 1. The van der Waals surface area contributed by atoms with E-state index in [2.05, 4.69) is 0 Å². The molecule has 78 valence electrons. The fraction of sp³-hybridized carbons (Fsp3) is 0.0909. The Morgan fingerprint density at radius 3 is 2.33 bits per heavy atom. The lowest BCUT2D eigenvalue weighted by atomic mass is 10.1. The summed E-state index contributed by atoms with van der Waals surface area (Å²) in [6.45, 7) is 0. The van der Waals surface area contributed by atoms with E-state index in [1.165, 1.54) is 6.07 Å². The number of halogens is 3. The first-order valence-corrected chi connectivity index (χ1v) is 5.41. The molecule has 0 bridgehead atoms. The highest BCUT2D eigenvalue weighted by atomic mass is 35.6. The number of hydrogen-bond acceptors (Lipinski definition) is 1. The molecule has 15 heavy (non-hydrogen) atoms. The SMILES string of the molecule is Oc1cc(C(Cl)(Cl)Cl)cc2ccccc12. The van der Waals surface area contributed by atoms with Crippen molar-refractivity contribution in [3.8, 4) is 5.75 Å². The van der Waals surface area contributed by atoms with Gasteiger partial charge < -0.3 is 5.11 Å². The highest BCUT2D eigenvalue weighted by Crippen LogP contribution is 2.41. The van der Waals surface area contributed by atoms with Crippen LogP contribution in [0.25, 0.3) is 10.8 Å². The van der Waals surface area contributed by atoms with Gasteiger partial charge in [0.1, 0.15) is 5.75 Å². The van der Waals surface area contributed by atoms with Crippen molar-refractivity contribution >= 4 is 45.6 Å². The van der Waals surface area contributed by atoms with Crippen LogP contribution in [-0.4, -0.2) is 5.11 Å². The molecule has 0 fully saturated rings. The average Bonchev–Trinajstić information content (AvgIpc) is 2.16. The van der Waals surface area contributed by atoms with Crippen LogP contribution < -0.4 is 0 Å². The van der Waals surface area contributed by atoms with Gasteiger partial charge in [0.2, 0.25) is 3.79 Å². The lowest BCUT2D eigenvalue weighted by molar-refractivity contribution is 0.481. The molecule has 0 spiro atoms. The van der Waals surface area contributed by atoms with Crippen molar-refractivity contribution in [3.63, 3.8) is 0 Å². The van der Waals surface area contributed by atoms with Gasteiger partial charge in [0.05, 0.1) is 0 Å². The maximum absolute atomic E-state index is 9.74. The van der Waals surface area contributed by atoms with Crippen LogP contribution in [-0.2, 0) is 3.79 Å². The van der Waals surface area contributed by atoms with Crippen molar-refractivity contribution in [2.45, 2.75) is 3.79 Å². The maximum atomic E-state index is 9.74. The van der Waals surface area contributed by atoms with Crippen molar-refractivity contribution in [2.75, 3.05) is 0 Å². The van der Waals surface area contributed by atoms with Crippen molar-refractivity contribution in [3.05, 3.63) is 42.0 Å².